The van der Waals surface area contributed by atoms with Gasteiger partial charge in [-0.05, 0) is 6.92 Å². The predicted molar refractivity (Wildman–Crippen MR) is 60.4 cm³/mol. The van der Waals surface area contributed by atoms with Gasteiger partial charge in [0.2, 0.25) is 0 Å². The van der Waals surface area contributed by atoms with E-state index in [1.165, 1.54) is 6.33 Å². The van der Waals surface area contributed by atoms with Crippen LogP contribution in [0.2, 0.25) is 0 Å². The molecule has 2 amide bonds. The summed E-state index contributed by atoms with van der Waals surface area (Å²) in [5.74, 6) is 0. The molecule has 0 aromatic carbocycles. The summed E-state index contributed by atoms with van der Waals surface area (Å²) in [5, 5.41) is 6.81. The van der Waals surface area contributed by atoms with Gasteiger partial charge < -0.3 is 15.0 Å². The third-order valence-electron chi connectivity index (χ3n) is 2.61. The van der Waals surface area contributed by atoms with Crippen LogP contribution < -0.4 is 5.32 Å². The van der Waals surface area contributed by atoms with E-state index in [0.29, 0.717) is 32.8 Å². The summed E-state index contributed by atoms with van der Waals surface area (Å²) >= 11 is 0. The Bertz CT molecular complexity index is 354. The first-order chi connectivity index (χ1) is 8.25. The summed E-state index contributed by atoms with van der Waals surface area (Å²) in [5.41, 5.74) is 0. The van der Waals surface area contributed by atoms with Gasteiger partial charge in [-0.2, -0.15) is 5.10 Å². The van der Waals surface area contributed by atoms with E-state index in [-0.39, 0.29) is 12.1 Å². The number of aromatic nitrogens is 3. The first-order valence-electron chi connectivity index (χ1n) is 5.72. The average molecular weight is 239 g/mol. The molecule has 1 N–H and O–H groups in total. The molecule has 0 spiro atoms. The molecule has 0 radical (unpaired) electrons. The lowest BCUT2D eigenvalue weighted by atomic mass is 10.3. The van der Waals surface area contributed by atoms with Crippen molar-refractivity contribution >= 4 is 6.03 Å². The highest BCUT2D eigenvalue weighted by Gasteiger charge is 2.20. The molecule has 1 saturated heterocycles. The first-order valence-corrected chi connectivity index (χ1v) is 5.72. The molecule has 1 aliphatic rings. The van der Waals surface area contributed by atoms with Crippen LogP contribution in [0.3, 0.4) is 0 Å². The lowest BCUT2D eigenvalue weighted by molar-refractivity contribution is -0.00347. The molecule has 0 aliphatic carbocycles. The number of amides is 2. The number of rotatable bonds is 3. The van der Waals surface area contributed by atoms with Gasteiger partial charge in [0, 0.05) is 19.6 Å². The topological polar surface area (TPSA) is 72.3 Å². The van der Waals surface area contributed by atoms with Gasteiger partial charge in [0.15, 0.2) is 0 Å². The van der Waals surface area contributed by atoms with Crippen molar-refractivity contribution in [2.45, 2.75) is 19.6 Å². The van der Waals surface area contributed by atoms with E-state index >= 15 is 0 Å². The molecule has 1 aliphatic heterocycles. The molecular weight excluding hydrogens is 222 g/mol. The zero-order valence-electron chi connectivity index (χ0n) is 9.87. The standard InChI is InChI=1S/C10H17N5O2/c1-9-6-14(4-5-17-9)10(16)12-2-3-15-8-11-7-13-15/h7-9H,2-6H2,1H3,(H,12,16). The molecule has 17 heavy (non-hydrogen) atoms. The Hall–Kier alpha value is -1.63. The first kappa shape index (κ1) is 11.8. The molecule has 1 aromatic heterocycles. The van der Waals surface area contributed by atoms with Crippen LogP contribution >= 0.6 is 0 Å². The zero-order chi connectivity index (χ0) is 12.1. The number of morpholine rings is 1. The normalized spacial score (nSPS) is 20.3. The lowest BCUT2D eigenvalue weighted by Crippen LogP contribution is -2.49. The second-order valence-corrected chi connectivity index (χ2v) is 4.02. The van der Waals surface area contributed by atoms with Gasteiger partial charge in [-0.1, -0.05) is 0 Å². The van der Waals surface area contributed by atoms with Crippen molar-refractivity contribution in [1.82, 2.24) is 25.0 Å². The monoisotopic (exact) mass is 239 g/mol. The van der Waals surface area contributed by atoms with Crippen LogP contribution in [0.15, 0.2) is 12.7 Å². The van der Waals surface area contributed by atoms with Crippen molar-refractivity contribution in [3.8, 4) is 0 Å². The minimum atomic E-state index is -0.0414. The zero-order valence-corrected chi connectivity index (χ0v) is 9.87. The van der Waals surface area contributed by atoms with E-state index in [9.17, 15) is 4.79 Å². The third kappa shape index (κ3) is 3.42. The Morgan fingerprint density at radius 2 is 2.53 bits per heavy atom. The maximum absolute atomic E-state index is 11.8. The fourth-order valence-corrected chi connectivity index (χ4v) is 1.74. The third-order valence-corrected chi connectivity index (χ3v) is 2.61. The molecule has 0 bridgehead atoms. The van der Waals surface area contributed by atoms with Crippen molar-refractivity contribution in [3.05, 3.63) is 12.7 Å². The number of ether oxygens (including phenoxy) is 1. The largest absolute Gasteiger partial charge is 0.375 e. The number of hydrogen-bond donors (Lipinski definition) is 1. The Morgan fingerprint density at radius 1 is 1.65 bits per heavy atom. The van der Waals surface area contributed by atoms with Gasteiger partial charge in [-0.15, -0.1) is 0 Å². The van der Waals surface area contributed by atoms with Crippen LogP contribution in [0.4, 0.5) is 4.79 Å². The molecule has 1 aromatic rings. The van der Waals surface area contributed by atoms with Crippen molar-refractivity contribution in [1.29, 1.82) is 0 Å². The van der Waals surface area contributed by atoms with E-state index in [2.05, 4.69) is 15.4 Å². The summed E-state index contributed by atoms with van der Waals surface area (Å²) in [4.78, 5) is 17.4. The summed E-state index contributed by atoms with van der Waals surface area (Å²) in [6.45, 7) is 5.06. The van der Waals surface area contributed by atoms with Crippen molar-refractivity contribution in [2.24, 2.45) is 0 Å². The van der Waals surface area contributed by atoms with Gasteiger partial charge >= 0.3 is 6.03 Å². The molecule has 7 heteroatoms. The smallest absolute Gasteiger partial charge is 0.317 e. The van der Waals surface area contributed by atoms with Crippen LogP contribution in [0.25, 0.3) is 0 Å². The quantitative estimate of drug-likeness (QED) is 0.786. The van der Waals surface area contributed by atoms with Crippen LogP contribution in [-0.4, -0.2) is 58.0 Å². The fourth-order valence-electron chi connectivity index (χ4n) is 1.74. The predicted octanol–water partition coefficient (Wildman–Crippen LogP) is -0.292. The number of hydrogen-bond acceptors (Lipinski definition) is 4. The van der Waals surface area contributed by atoms with E-state index < -0.39 is 0 Å². The Balaban J connectivity index is 1.70. The van der Waals surface area contributed by atoms with Crippen LogP contribution in [0, 0.1) is 0 Å². The average Bonchev–Trinajstić information content (AvgIpc) is 2.82. The summed E-state index contributed by atoms with van der Waals surface area (Å²) in [6.07, 6.45) is 3.22. The number of carbonyl (C=O) groups is 1. The molecule has 7 nitrogen and oxygen atoms in total. The number of urea groups is 1. The summed E-state index contributed by atoms with van der Waals surface area (Å²) < 4.78 is 7.06. The number of nitrogens with zero attached hydrogens (tertiary/aromatic N) is 4. The van der Waals surface area contributed by atoms with Crippen molar-refractivity contribution in [2.75, 3.05) is 26.2 Å². The molecule has 0 saturated carbocycles. The molecule has 94 valence electrons. The molecule has 1 fully saturated rings. The Kier molecular flexibility index (Phi) is 3.92. The van der Waals surface area contributed by atoms with Gasteiger partial charge in [0.05, 0.1) is 19.3 Å². The molecule has 1 unspecified atom stereocenters. The molecule has 2 heterocycles. The lowest BCUT2D eigenvalue weighted by Gasteiger charge is -2.31. The molecule has 1 atom stereocenters. The van der Waals surface area contributed by atoms with Gasteiger partial charge in [0.1, 0.15) is 12.7 Å². The maximum Gasteiger partial charge on any atom is 0.317 e. The second kappa shape index (κ2) is 5.62. The second-order valence-electron chi connectivity index (χ2n) is 4.02. The van der Waals surface area contributed by atoms with Gasteiger partial charge in [0.25, 0.3) is 0 Å². The van der Waals surface area contributed by atoms with E-state index in [1.54, 1.807) is 15.9 Å². The van der Waals surface area contributed by atoms with Crippen molar-refractivity contribution in [3.63, 3.8) is 0 Å². The number of carbonyl (C=O) groups excluding carboxylic acids is 1. The van der Waals surface area contributed by atoms with E-state index in [1.807, 2.05) is 6.92 Å². The van der Waals surface area contributed by atoms with Crippen LogP contribution in [0.5, 0.6) is 0 Å². The van der Waals surface area contributed by atoms with E-state index in [0.717, 1.165) is 0 Å². The van der Waals surface area contributed by atoms with Crippen molar-refractivity contribution < 1.29 is 9.53 Å². The van der Waals surface area contributed by atoms with Gasteiger partial charge in [-0.25, -0.2) is 9.78 Å². The molecular formula is C10H17N5O2. The molecule has 2 rings (SSSR count). The Morgan fingerprint density at radius 3 is 3.24 bits per heavy atom. The minimum absolute atomic E-state index is 0.0414. The van der Waals surface area contributed by atoms with E-state index in [4.69, 9.17) is 4.74 Å². The summed E-state index contributed by atoms with van der Waals surface area (Å²) in [6, 6.07) is -0.0414. The highest BCUT2D eigenvalue weighted by molar-refractivity contribution is 5.74. The SMILES string of the molecule is CC1CN(C(=O)NCCn2cncn2)CCO1. The highest BCUT2D eigenvalue weighted by atomic mass is 16.5. The maximum atomic E-state index is 11.8. The summed E-state index contributed by atoms with van der Waals surface area (Å²) in [7, 11) is 0. The fraction of sp³-hybridized carbons (Fsp3) is 0.700. The number of nitrogens with one attached hydrogen (secondary N) is 1. The minimum Gasteiger partial charge on any atom is -0.375 e. The Labute approximate surface area is 99.8 Å². The van der Waals surface area contributed by atoms with Crippen LogP contribution in [0.1, 0.15) is 6.92 Å². The highest BCUT2D eigenvalue weighted by Crippen LogP contribution is 2.03. The van der Waals surface area contributed by atoms with Gasteiger partial charge in [-0.3, -0.25) is 4.68 Å². The van der Waals surface area contributed by atoms with Crippen LogP contribution in [-0.2, 0) is 11.3 Å².